The summed E-state index contributed by atoms with van der Waals surface area (Å²) in [5.74, 6) is 2.11. The summed E-state index contributed by atoms with van der Waals surface area (Å²) in [6.07, 6.45) is 6.81. The summed E-state index contributed by atoms with van der Waals surface area (Å²) < 4.78 is 0. The molecular weight excluding hydrogens is 262 g/mol. The smallest absolute Gasteiger partial charge is 0.137 e. The lowest BCUT2D eigenvalue weighted by molar-refractivity contribution is 0.260. The molecular formula is C16H27N5. The SMILES string of the molecule is CCCNc1ncnc(N2CCC(N3CCCC3)C2)c1C. The van der Waals surface area contributed by atoms with E-state index in [2.05, 4.69) is 38.9 Å². The standard InChI is InChI=1S/C16H27N5/c1-3-7-17-15-13(2)16(19-12-18-15)21-10-6-14(11-21)20-8-4-5-9-20/h12,14H,3-11H2,1-2H3,(H,17,18,19). The molecule has 1 atom stereocenters. The monoisotopic (exact) mass is 289 g/mol. The zero-order chi connectivity index (χ0) is 14.7. The summed E-state index contributed by atoms with van der Waals surface area (Å²) in [6.45, 7) is 10.1. The summed E-state index contributed by atoms with van der Waals surface area (Å²) in [5.41, 5.74) is 1.19. The molecule has 3 heterocycles. The first-order valence-corrected chi connectivity index (χ1v) is 8.34. The molecule has 0 spiro atoms. The van der Waals surface area contributed by atoms with Crippen LogP contribution < -0.4 is 10.2 Å². The van der Waals surface area contributed by atoms with E-state index >= 15 is 0 Å². The van der Waals surface area contributed by atoms with E-state index in [9.17, 15) is 0 Å². The summed E-state index contributed by atoms with van der Waals surface area (Å²) in [6, 6.07) is 0.717. The lowest BCUT2D eigenvalue weighted by Crippen LogP contribution is -2.35. The lowest BCUT2D eigenvalue weighted by atomic mass is 10.2. The Kier molecular flexibility index (Phi) is 4.58. The van der Waals surface area contributed by atoms with Gasteiger partial charge in [0.1, 0.15) is 18.0 Å². The molecule has 0 aromatic carbocycles. The molecule has 0 radical (unpaired) electrons. The Labute approximate surface area is 127 Å². The van der Waals surface area contributed by atoms with Gasteiger partial charge in [-0.3, -0.25) is 4.90 Å². The van der Waals surface area contributed by atoms with E-state index in [1.807, 2.05) is 0 Å². The fourth-order valence-corrected chi connectivity index (χ4v) is 3.52. The van der Waals surface area contributed by atoms with Gasteiger partial charge in [-0.05, 0) is 45.7 Å². The number of nitrogens with zero attached hydrogens (tertiary/aromatic N) is 4. The van der Waals surface area contributed by atoms with Gasteiger partial charge in [0.05, 0.1) is 0 Å². The van der Waals surface area contributed by atoms with Gasteiger partial charge in [0.15, 0.2) is 0 Å². The normalized spacial score (nSPS) is 23.0. The van der Waals surface area contributed by atoms with Gasteiger partial charge in [0, 0.05) is 31.2 Å². The van der Waals surface area contributed by atoms with Gasteiger partial charge in [-0.1, -0.05) is 6.92 Å². The maximum absolute atomic E-state index is 4.55. The molecule has 116 valence electrons. The molecule has 1 unspecified atom stereocenters. The van der Waals surface area contributed by atoms with Gasteiger partial charge in [-0.2, -0.15) is 0 Å². The predicted octanol–water partition coefficient (Wildman–Crippen LogP) is 2.28. The average Bonchev–Trinajstić information content (AvgIpc) is 3.17. The molecule has 2 aliphatic heterocycles. The van der Waals surface area contributed by atoms with Gasteiger partial charge in [-0.15, -0.1) is 0 Å². The van der Waals surface area contributed by atoms with Crippen molar-refractivity contribution in [1.29, 1.82) is 0 Å². The van der Waals surface area contributed by atoms with Crippen molar-refractivity contribution < 1.29 is 0 Å². The third-order valence-electron chi connectivity index (χ3n) is 4.72. The van der Waals surface area contributed by atoms with Gasteiger partial charge in [0.2, 0.25) is 0 Å². The Morgan fingerprint density at radius 3 is 2.81 bits per heavy atom. The topological polar surface area (TPSA) is 44.3 Å². The Morgan fingerprint density at radius 1 is 1.24 bits per heavy atom. The second-order valence-electron chi connectivity index (χ2n) is 6.23. The van der Waals surface area contributed by atoms with Crippen LogP contribution in [0.25, 0.3) is 0 Å². The minimum Gasteiger partial charge on any atom is -0.370 e. The van der Waals surface area contributed by atoms with E-state index in [0.29, 0.717) is 6.04 Å². The van der Waals surface area contributed by atoms with Crippen LogP contribution in [0.2, 0.25) is 0 Å². The lowest BCUT2D eigenvalue weighted by Gasteiger charge is -2.25. The first-order chi connectivity index (χ1) is 10.3. The largest absolute Gasteiger partial charge is 0.370 e. The number of anilines is 2. The van der Waals surface area contributed by atoms with Gasteiger partial charge < -0.3 is 10.2 Å². The molecule has 2 aliphatic rings. The molecule has 3 rings (SSSR count). The van der Waals surface area contributed by atoms with E-state index < -0.39 is 0 Å². The van der Waals surface area contributed by atoms with Crippen molar-refractivity contribution in [1.82, 2.24) is 14.9 Å². The molecule has 21 heavy (non-hydrogen) atoms. The molecule has 1 N–H and O–H groups in total. The highest BCUT2D eigenvalue weighted by atomic mass is 15.3. The summed E-state index contributed by atoms with van der Waals surface area (Å²) in [7, 11) is 0. The molecule has 2 saturated heterocycles. The fourth-order valence-electron chi connectivity index (χ4n) is 3.52. The third kappa shape index (κ3) is 3.12. The van der Waals surface area contributed by atoms with E-state index in [4.69, 9.17) is 0 Å². The van der Waals surface area contributed by atoms with Crippen molar-refractivity contribution >= 4 is 11.6 Å². The maximum Gasteiger partial charge on any atom is 0.137 e. The van der Waals surface area contributed by atoms with Crippen molar-refractivity contribution in [3.8, 4) is 0 Å². The zero-order valence-electron chi connectivity index (χ0n) is 13.3. The molecule has 0 aliphatic carbocycles. The van der Waals surface area contributed by atoms with Crippen LogP contribution in [0.3, 0.4) is 0 Å². The molecule has 2 fully saturated rings. The van der Waals surface area contributed by atoms with E-state index in [0.717, 1.165) is 37.7 Å². The molecule has 1 aromatic rings. The molecule has 5 nitrogen and oxygen atoms in total. The minimum absolute atomic E-state index is 0.717. The van der Waals surface area contributed by atoms with E-state index in [1.54, 1.807) is 6.33 Å². The van der Waals surface area contributed by atoms with Crippen molar-refractivity contribution in [3.63, 3.8) is 0 Å². The van der Waals surface area contributed by atoms with Crippen LogP contribution >= 0.6 is 0 Å². The Hall–Kier alpha value is -1.36. The number of likely N-dealkylation sites (tertiary alicyclic amines) is 1. The van der Waals surface area contributed by atoms with Crippen LogP contribution in [0.15, 0.2) is 6.33 Å². The molecule has 0 amide bonds. The number of aromatic nitrogens is 2. The molecule has 5 heteroatoms. The van der Waals surface area contributed by atoms with Crippen molar-refractivity contribution in [2.45, 2.75) is 45.6 Å². The van der Waals surface area contributed by atoms with Gasteiger partial charge in [0.25, 0.3) is 0 Å². The van der Waals surface area contributed by atoms with Crippen molar-refractivity contribution in [3.05, 3.63) is 11.9 Å². The Morgan fingerprint density at radius 2 is 2.05 bits per heavy atom. The second-order valence-corrected chi connectivity index (χ2v) is 6.23. The van der Waals surface area contributed by atoms with Gasteiger partial charge >= 0.3 is 0 Å². The Balaban J connectivity index is 1.69. The predicted molar refractivity (Wildman–Crippen MR) is 87.0 cm³/mol. The summed E-state index contributed by atoms with van der Waals surface area (Å²) in [4.78, 5) is 14.0. The summed E-state index contributed by atoms with van der Waals surface area (Å²) >= 11 is 0. The van der Waals surface area contributed by atoms with Crippen LogP contribution in [0, 0.1) is 6.92 Å². The number of rotatable bonds is 5. The highest BCUT2D eigenvalue weighted by Gasteiger charge is 2.30. The highest BCUT2D eigenvalue weighted by Crippen LogP contribution is 2.28. The van der Waals surface area contributed by atoms with E-state index in [-0.39, 0.29) is 0 Å². The molecule has 0 bridgehead atoms. The zero-order valence-corrected chi connectivity index (χ0v) is 13.3. The molecule has 1 aromatic heterocycles. The van der Waals surface area contributed by atoms with E-state index in [1.165, 1.54) is 37.9 Å². The maximum atomic E-state index is 4.55. The van der Waals surface area contributed by atoms with Crippen LogP contribution in [0.5, 0.6) is 0 Å². The quantitative estimate of drug-likeness (QED) is 0.901. The van der Waals surface area contributed by atoms with Crippen LogP contribution in [-0.2, 0) is 0 Å². The number of hydrogen-bond acceptors (Lipinski definition) is 5. The second kappa shape index (κ2) is 6.60. The first kappa shape index (κ1) is 14.6. The summed E-state index contributed by atoms with van der Waals surface area (Å²) in [5, 5.41) is 3.40. The van der Waals surface area contributed by atoms with Crippen molar-refractivity contribution in [2.24, 2.45) is 0 Å². The van der Waals surface area contributed by atoms with Crippen LogP contribution in [-0.4, -0.2) is 53.6 Å². The van der Waals surface area contributed by atoms with Crippen molar-refractivity contribution in [2.75, 3.05) is 42.9 Å². The first-order valence-electron chi connectivity index (χ1n) is 8.34. The molecule has 0 saturated carbocycles. The fraction of sp³-hybridized carbons (Fsp3) is 0.750. The Bertz CT molecular complexity index is 470. The number of hydrogen-bond donors (Lipinski definition) is 1. The van der Waals surface area contributed by atoms with Crippen LogP contribution in [0.1, 0.15) is 38.2 Å². The highest BCUT2D eigenvalue weighted by molar-refractivity contribution is 5.58. The van der Waals surface area contributed by atoms with Gasteiger partial charge in [-0.25, -0.2) is 9.97 Å². The third-order valence-corrected chi connectivity index (χ3v) is 4.72. The van der Waals surface area contributed by atoms with Crippen LogP contribution in [0.4, 0.5) is 11.6 Å². The average molecular weight is 289 g/mol. The minimum atomic E-state index is 0.717. The number of nitrogens with one attached hydrogen (secondary N) is 1.